The predicted molar refractivity (Wildman–Crippen MR) is 121 cm³/mol. The molecule has 1 aromatic heterocycles. The summed E-state index contributed by atoms with van der Waals surface area (Å²) in [5, 5.41) is 3.61. The van der Waals surface area contributed by atoms with E-state index in [0.29, 0.717) is 32.6 Å². The minimum atomic E-state index is -0.399. The summed E-state index contributed by atoms with van der Waals surface area (Å²) in [4.78, 5) is 24.8. The number of carbonyl (C=O) groups excluding carboxylic acids is 2. The number of carbonyl (C=O) groups is 2. The van der Waals surface area contributed by atoms with Crippen molar-refractivity contribution in [3.05, 3.63) is 76.0 Å². The van der Waals surface area contributed by atoms with Gasteiger partial charge in [0.2, 0.25) is 0 Å². The van der Waals surface area contributed by atoms with Gasteiger partial charge in [-0.1, -0.05) is 29.6 Å². The number of anilines is 1. The van der Waals surface area contributed by atoms with Crippen molar-refractivity contribution in [1.82, 2.24) is 0 Å². The van der Waals surface area contributed by atoms with Crippen LogP contribution >= 0.6 is 23.2 Å². The van der Waals surface area contributed by atoms with E-state index in [1.807, 2.05) is 0 Å². The molecule has 2 aromatic carbocycles. The summed E-state index contributed by atoms with van der Waals surface area (Å²) >= 11 is 12.0. The Balaban J connectivity index is 1.38. The van der Waals surface area contributed by atoms with Crippen LogP contribution in [-0.4, -0.2) is 18.0 Å². The normalized spacial score (nSPS) is 14.3. The van der Waals surface area contributed by atoms with Gasteiger partial charge in [0, 0.05) is 11.3 Å². The summed E-state index contributed by atoms with van der Waals surface area (Å²) in [5.41, 5.74) is 1.73. The third-order valence-corrected chi connectivity index (χ3v) is 5.98. The van der Waals surface area contributed by atoms with Gasteiger partial charge in [-0.2, -0.15) is 0 Å². The highest BCUT2D eigenvalue weighted by Crippen LogP contribution is 2.30. The fourth-order valence-electron chi connectivity index (χ4n) is 3.55. The van der Waals surface area contributed by atoms with Gasteiger partial charge < -0.3 is 14.5 Å². The van der Waals surface area contributed by atoms with Gasteiger partial charge in [0.25, 0.3) is 5.91 Å². The molecule has 0 atom stereocenters. The maximum atomic E-state index is 12.5. The lowest BCUT2D eigenvalue weighted by molar-refractivity contribution is 0.0211. The Kier molecular flexibility index (Phi) is 6.64. The van der Waals surface area contributed by atoms with Gasteiger partial charge in [-0.15, -0.1) is 0 Å². The summed E-state index contributed by atoms with van der Waals surface area (Å²) in [5.74, 6) is -0.0719. The molecule has 0 bridgehead atoms. The molecule has 1 saturated carbocycles. The molecule has 0 saturated heterocycles. The third-order valence-electron chi connectivity index (χ3n) is 5.24. The molecule has 0 spiro atoms. The van der Waals surface area contributed by atoms with Gasteiger partial charge in [-0.05, 0) is 80.3 Å². The Morgan fingerprint density at radius 3 is 2.35 bits per heavy atom. The van der Waals surface area contributed by atoms with Crippen LogP contribution in [0, 0.1) is 0 Å². The van der Waals surface area contributed by atoms with Gasteiger partial charge in [0.05, 0.1) is 15.6 Å². The van der Waals surface area contributed by atoms with Crippen molar-refractivity contribution in [2.45, 2.75) is 38.2 Å². The van der Waals surface area contributed by atoms with E-state index >= 15 is 0 Å². The topological polar surface area (TPSA) is 68.5 Å². The highest BCUT2D eigenvalue weighted by Gasteiger charge is 2.19. The largest absolute Gasteiger partial charge is 0.459 e. The fraction of sp³-hybridized carbons (Fsp3) is 0.250. The average Bonchev–Trinajstić information content (AvgIpc) is 3.27. The van der Waals surface area contributed by atoms with Crippen LogP contribution in [0.3, 0.4) is 0 Å². The monoisotopic (exact) mass is 457 g/mol. The first kappa shape index (κ1) is 21.5. The number of benzene rings is 2. The Bertz CT molecular complexity index is 1090. The lowest BCUT2D eigenvalue weighted by Crippen LogP contribution is -2.20. The van der Waals surface area contributed by atoms with Crippen molar-refractivity contribution in [2.24, 2.45) is 0 Å². The van der Waals surface area contributed by atoms with E-state index in [1.54, 1.807) is 54.6 Å². The zero-order valence-electron chi connectivity index (χ0n) is 16.7. The lowest BCUT2D eigenvalue weighted by Gasteiger charge is -2.21. The molecule has 5 nitrogen and oxygen atoms in total. The molecule has 1 aliphatic rings. The van der Waals surface area contributed by atoms with E-state index < -0.39 is 5.91 Å². The molecule has 1 N–H and O–H groups in total. The van der Waals surface area contributed by atoms with Crippen molar-refractivity contribution in [1.29, 1.82) is 0 Å². The molecule has 31 heavy (non-hydrogen) atoms. The Hall–Kier alpha value is -2.76. The van der Waals surface area contributed by atoms with Crippen LogP contribution in [0.2, 0.25) is 10.0 Å². The number of furan rings is 1. The molecular weight excluding hydrogens is 437 g/mol. The molecule has 0 unspecified atom stereocenters. The minimum Gasteiger partial charge on any atom is -0.459 e. The fourth-order valence-corrected chi connectivity index (χ4v) is 3.85. The molecule has 3 aromatic rings. The summed E-state index contributed by atoms with van der Waals surface area (Å²) in [6.07, 6.45) is 5.25. The highest BCUT2D eigenvalue weighted by molar-refractivity contribution is 6.42. The van der Waals surface area contributed by atoms with Crippen molar-refractivity contribution < 1.29 is 18.7 Å². The number of ether oxygens (including phenoxy) is 1. The number of hydrogen-bond donors (Lipinski definition) is 1. The van der Waals surface area contributed by atoms with Crippen molar-refractivity contribution >= 4 is 40.8 Å². The SMILES string of the molecule is O=C(OC1CCCCC1)c1ccc(NC(=O)c2ccc(-c3ccc(Cl)c(Cl)c3)o2)cc1. The van der Waals surface area contributed by atoms with Crippen molar-refractivity contribution in [3.8, 4) is 11.3 Å². The zero-order chi connectivity index (χ0) is 21.8. The van der Waals surface area contributed by atoms with E-state index in [0.717, 1.165) is 25.7 Å². The Morgan fingerprint density at radius 2 is 1.65 bits per heavy atom. The second-order valence-electron chi connectivity index (χ2n) is 7.49. The molecule has 7 heteroatoms. The van der Waals surface area contributed by atoms with Crippen molar-refractivity contribution in [3.63, 3.8) is 0 Å². The predicted octanol–water partition coefficient (Wildman–Crippen LogP) is 7.00. The molecule has 1 aliphatic carbocycles. The van der Waals surface area contributed by atoms with E-state index in [4.69, 9.17) is 32.4 Å². The van der Waals surface area contributed by atoms with Gasteiger partial charge in [0.15, 0.2) is 5.76 Å². The van der Waals surface area contributed by atoms with E-state index in [1.165, 1.54) is 6.42 Å². The summed E-state index contributed by atoms with van der Waals surface area (Å²) in [6, 6.07) is 15.0. The lowest BCUT2D eigenvalue weighted by atomic mass is 9.98. The van der Waals surface area contributed by atoms with Crippen LogP contribution in [0.1, 0.15) is 53.0 Å². The van der Waals surface area contributed by atoms with Gasteiger partial charge in [0.1, 0.15) is 11.9 Å². The first-order valence-electron chi connectivity index (χ1n) is 10.2. The zero-order valence-corrected chi connectivity index (χ0v) is 18.2. The van der Waals surface area contributed by atoms with Gasteiger partial charge >= 0.3 is 5.97 Å². The quantitative estimate of drug-likeness (QED) is 0.418. The van der Waals surface area contributed by atoms with E-state index in [9.17, 15) is 9.59 Å². The van der Waals surface area contributed by atoms with Crippen LogP contribution < -0.4 is 5.32 Å². The summed E-state index contributed by atoms with van der Waals surface area (Å²) < 4.78 is 11.2. The van der Waals surface area contributed by atoms with Crippen molar-refractivity contribution in [2.75, 3.05) is 5.32 Å². The molecule has 160 valence electrons. The molecule has 0 aliphatic heterocycles. The van der Waals surface area contributed by atoms with Gasteiger partial charge in [-0.25, -0.2) is 4.79 Å². The van der Waals surface area contributed by atoms with Crippen LogP contribution in [0.5, 0.6) is 0 Å². The van der Waals surface area contributed by atoms with Crippen LogP contribution in [0.15, 0.2) is 59.0 Å². The first-order valence-corrected chi connectivity index (χ1v) is 10.9. The Morgan fingerprint density at radius 1 is 0.903 bits per heavy atom. The molecule has 0 radical (unpaired) electrons. The molecule has 1 fully saturated rings. The van der Waals surface area contributed by atoms with Crippen LogP contribution in [0.4, 0.5) is 5.69 Å². The minimum absolute atomic E-state index is 0.00398. The molecule has 4 rings (SSSR count). The van der Waals surface area contributed by atoms with E-state index in [2.05, 4.69) is 5.32 Å². The third kappa shape index (κ3) is 5.30. The van der Waals surface area contributed by atoms with E-state index in [-0.39, 0.29) is 17.8 Å². The Labute approximate surface area is 190 Å². The van der Waals surface area contributed by atoms with Crippen LogP contribution in [-0.2, 0) is 4.74 Å². The highest BCUT2D eigenvalue weighted by atomic mass is 35.5. The first-order chi connectivity index (χ1) is 15.0. The second-order valence-corrected chi connectivity index (χ2v) is 8.30. The number of halogens is 2. The average molecular weight is 458 g/mol. The van der Waals surface area contributed by atoms with Gasteiger partial charge in [-0.3, -0.25) is 4.79 Å². The smallest absolute Gasteiger partial charge is 0.338 e. The summed E-state index contributed by atoms with van der Waals surface area (Å²) in [7, 11) is 0. The maximum Gasteiger partial charge on any atom is 0.338 e. The number of esters is 1. The molecule has 1 heterocycles. The molecule has 1 amide bonds. The number of nitrogens with one attached hydrogen (secondary N) is 1. The summed E-state index contributed by atoms with van der Waals surface area (Å²) in [6.45, 7) is 0. The standard InChI is InChI=1S/C24H21Cl2NO4/c25-19-11-8-16(14-20(19)26)21-12-13-22(31-21)23(28)27-17-9-6-15(7-10-17)24(29)30-18-4-2-1-3-5-18/h6-14,18H,1-5H2,(H,27,28). The van der Waals surface area contributed by atoms with Crippen LogP contribution in [0.25, 0.3) is 11.3 Å². The number of rotatable bonds is 5. The second kappa shape index (κ2) is 9.58. The number of amides is 1. The maximum absolute atomic E-state index is 12.5. The molecular formula is C24H21Cl2NO4. The number of hydrogen-bond acceptors (Lipinski definition) is 4.